The number of halogens is 2. The molecule has 0 atom stereocenters. The summed E-state index contributed by atoms with van der Waals surface area (Å²) in [5.74, 6) is -1.30. The van der Waals surface area contributed by atoms with Crippen molar-refractivity contribution in [3.63, 3.8) is 0 Å². The number of rotatable bonds is 2. The van der Waals surface area contributed by atoms with Crippen molar-refractivity contribution < 1.29 is 33.7 Å². The van der Waals surface area contributed by atoms with E-state index in [2.05, 4.69) is 16.1 Å². The van der Waals surface area contributed by atoms with Crippen molar-refractivity contribution in [3.05, 3.63) is 71.4 Å². The summed E-state index contributed by atoms with van der Waals surface area (Å²) < 4.78 is 27.4. The first-order chi connectivity index (χ1) is 12.7. The summed E-state index contributed by atoms with van der Waals surface area (Å²) in [4.78, 5) is 16.4. The number of nitrogens with one attached hydrogen (secondary N) is 1. The molecule has 1 aromatic carbocycles. The van der Waals surface area contributed by atoms with Gasteiger partial charge in [0.1, 0.15) is 0 Å². The third kappa shape index (κ3) is 5.93. The third-order valence-electron chi connectivity index (χ3n) is 3.58. The summed E-state index contributed by atoms with van der Waals surface area (Å²) in [6.07, 6.45) is 1.58. The van der Waals surface area contributed by atoms with E-state index in [1.807, 2.05) is 25.1 Å². The van der Waals surface area contributed by atoms with E-state index in [0.29, 0.717) is 11.4 Å². The smallest absolute Gasteiger partial charge is 0.172 e. The molecule has 1 radical (unpaired) electrons. The number of carbonyl (C=O) groups is 1. The Hall–Kier alpha value is -2.64. The van der Waals surface area contributed by atoms with Crippen molar-refractivity contribution in [2.24, 2.45) is 0 Å². The summed E-state index contributed by atoms with van der Waals surface area (Å²) in [7, 11) is 3.76. The third-order valence-corrected chi connectivity index (χ3v) is 3.58. The van der Waals surface area contributed by atoms with Gasteiger partial charge in [0.15, 0.2) is 6.03 Å². The molecular weight excluding hydrogens is 544 g/mol. The van der Waals surface area contributed by atoms with Crippen LogP contribution in [0.5, 0.6) is 0 Å². The summed E-state index contributed by atoms with van der Waals surface area (Å²) >= 11 is 0. The quantitative estimate of drug-likeness (QED) is 0.433. The minimum absolute atomic E-state index is 0. The van der Waals surface area contributed by atoms with E-state index in [1.54, 1.807) is 32.2 Å². The van der Waals surface area contributed by atoms with Crippen LogP contribution in [0.1, 0.15) is 11.4 Å². The zero-order valence-electron chi connectivity index (χ0n) is 15.8. The first kappa shape index (κ1) is 23.4. The van der Waals surface area contributed by atoms with Gasteiger partial charge in [-0.2, -0.15) is 0 Å². The molecule has 3 aromatic rings. The van der Waals surface area contributed by atoms with E-state index in [1.165, 1.54) is 0 Å². The molecule has 0 saturated carbocycles. The maximum absolute atomic E-state index is 13.5. The van der Waals surface area contributed by atoms with Gasteiger partial charge in [-0.3, -0.25) is 18.7 Å². The van der Waals surface area contributed by atoms with Crippen LogP contribution in [0.15, 0.2) is 36.5 Å². The molecule has 0 aliphatic carbocycles. The van der Waals surface area contributed by atoms with Crippen molar-refractivity contribution in [1.29, 1.82) is 0 Å². The molecule has 0 fully saturated rings. The van der Waals surface area contributed by atoms with Gasteiger partial charge < -0.3 is 20.3 Å². The van der Waals surface area contributed by atoms with Gasteiger partial charge in [-0.15, -0.1) is 12.1 Å². The van der Waals surface area contributed by atoms with Crippen LogP contribution < -0.4 is 4.90 Å². The molecular formula is C19H19F2IrN5O-2. The molecule has 151 valence electrons. The zero-order chi connectivity index (χ0) is 20.1. The monoisotopic (exact) mass is 564 g/mol. The van der Waals surface area contributed by atoms with Crippen molar-refractivity contribution in [2.45, 2.75) is 13.8 Å². The Morgan fingerprint density at radius 2 is 1.89 bits per heavy atom. The first-order valence-corrected chi connectivity index (χ1v) is 7.98. The topological polar surface area (TPSA) is 74.8 Å². The van der Waals surface area contributed by atoms with Crippen LogP contribution >= 0.6 is 0 Å². The maximum atomic E-state index is 13.5. The molecule has 0 unspecified atom stereocenters. The Balaban J connectivity index is 0.000000307. The number of amides is 1. The summed E-state index contributed by atoms with van der Waals surface area (Å²) in [5, 5.41) is 3.79. The summed E-state index contributed by atoms with van der Waals surface area (Å²) in [5.41, 5.74) is 9.71. The average molecular weight is 564 g/mol. The molecule has 0 aliphatic rings. The van der Waals surface area contributed by atoms with Gasteiger partial charge in [0.2, 0.25) is 0 Å². The van der Waals surface area contributed by atoms with Crippen LogP contribution in [-0.2, 0) is 20.1 Å². The Kier molecular flexibility index (Phi) is 8.40. The van der Waals surface area contributed by atoms with Gasteiger partial charge in [-0.25, -0.2) is 0 Å². The van der Waals surface area contributed by atoms with Gasteiger partial charge in [-0.05, 0) is 37.4 Å². The number of carbonyl (C=O) groups excluding carboxylic acids is 1. The Morgan fingerprint density at radius 1 is 1.21 bits per heavy atom. The molecule has 2 heterocycles. The Morgan fingerprint density at radius 3 is 2.36 bits per heavy atom. The largest absolute Gasteiger partial charge is 0.446 e. The molecule has 2 aromatic heterocycles. The molecule has 6 nitrogen and oxygen atoms in total. The van der Waals surface area contributed by atoms with Crippen molar-refractivity contribution >= 4 is 11.7 Å². The van der Waals surface area contributed by atoms with Crippen molar-refractivity contribution in [3.8, 4) is 11.3 Å². The molecule has 0 aliphatic heterocycles. The molecule has 1 amide bonds. The van der Waals surface area contributed by atoms with Gasteiger partial charge in [0, 0.05) is 63.4 Å². The standard InChI is InChI=1S/C13H11F2N2.C6H9N3O.Ir/c1-17(2)10-5-6-16-13(8-10)11-4-3-9(14)7-12(11)15;1-4-3-5(2)9(8-4)6(7)10;/h3,5-8H,1-2H3;3H,1-2H3,(H2,7,10);/q-1;;/p-1. The summed E-state index contributed by atoms with van der Waals surface area (Å²) in [6.45, 7) is 3.53. The fourth-order valence-corrected chi connectivity index (χ4v) is 2.31. The number of hydrogen-bond donors (Lipinski definition) is 0. The molecule has 28 heavy (non-hydrogen) atoms. The number of aromatic nitrogens is 3. The first-order valence-electron chi connectivity index (χ1n) is 7.98. The van der Waals surface area contributed by atoms with Gasteiger partial charge in [-0.1, -0.05) is 17.7 Å². The predicted octanol–water partition coefficient (Wildman–Crippen LogP) is 4.41. The summed E-state index contributed by atoms with van der Waals surface area (Å²) in [6, 6.07) is 8.99. The fourth-order valence-electron chi connectivity index (χ4n) is 2.31. The normalized spacial score (nSPS) is 9.79. The molecule has 9 heteroatoms. The van der Waals surface area contributed by atoms with E-state index in [0.717, 1.165) is 28.2 Å². The molecule has 1 N–H and O–H groups in total. The number of nitrogens with zero attached hydrogens (tertiary/aromatic N) is 4. The number of pyridine rings is 1. The molecule has 0 bridgehead atoms. The van der Waals surface area contributed by atoms with E-state index in [9.17, 15) is 13.6 Å². The van der Waals surface area contributed by atoms with Crippen LogP contribution in [0.3, 0.4) is 0 Å². The average Bonchev–Trinajstić information content (AvgIpc) is 2.94. The minimum atomic E-state index is -0.786. The number of benzene rings is 1. The Bertz CT molecular complexity index is 959. The maximum Gasteiger partial charge on any atom is 0.172 e. The molecule has 3 rings (SSSR count). The van der Waals surface area contributed by atoms with E-state index in [-0.39, 0.29) is 25.7 Å². The van der Waals surface area contributed by atoms with Crippen LogP contribution in [0, 0.1) is 31.5 Å². The van der Waals surface area contributed by atoms with Crippen molar-refractivity contribution in [2.75, 3.05) is 19.0 Å². The van der Waals surface area contributed by atoms with E-state index >= 15 is 0 Å². The second kappa shape index (κ2) is 10.1. The second-order valence-corrected chi connectivity index (χ2v) is 5.98. The minimum Gasteiger partial charge on any atom is -0.446 e. The van der Waals surface area contributed by atoms with Gasteiger partial charge in [0.05, 0.1) is 0 Å². The predicted molar refractivity (Wildman–Crippen MR) is 99.6 cm³/mol. The molecule has 0 spiro atoms. The van der Waals surface area contributed by atoms with Crippen LogP contribution in [0.25, 0.3) is 17.0 Å². The number of hydrogen-bond acceptors (Lipinski definition) is 4. The van der Waals surface area contributed by atoms with Gasteiger partial charge in [0.25, 0.3) is 0 Å². The van der Waals surface area contributed by atoms with Crippen LogP contribution in [0.4, 0.5) is 19.3 Å². The van der Waals surface area contributed by atoms with E-state index < -0.39 is 17.7 Å². The van der Waals surface area contributed by atoms with E-state index in [4.69, 9.17) is 5.73 Å². The van der Waals surface area contributed by atoms with Gasteiger partial charge >= 0.3 is 0 Å². The second-order valence-electron chi connectivity index (χ2n) is 5.98. The fraction of sp³-hybridized carbons (Fsp3) is 0.211. The SMILES string of the molecule is CN(C)c1ccnc(-c2[c-]cc(F)cc2F)c1.Cc1cc(C)n(C([NH-])=O)n1.[Ir]. The van der Waals surface area contributed by atoms with Crippen LogP contribution in [0.2, 0.25) is 0 Å². The zero-order valence-corrected chi connectivity index (χ0v) is 18.1. The van der Waals surface area contributed by atoms with Crippen LogP contribution in [-0.4, -0.2) is 34.9 Å². The number of aryl methyl sites for hydroxylation is 2. The number of anilines is 1. The Labute approximate surface area is 175 Å². The molecule has 0 saturated heterocycles. The van der Waals surface area contributed by atoms with Crippen molar-refractivity contribution in [1.82, 2.24) is 14.8 Å².